The van der Waals surface area contributed by atoms with Crippen LogP contribution in [0.2, 0.25) is 0 Å². The van der Waals surface area contributed by atoms with E-state index in [1.54, 1.807) is 0 Å². The lowest BCUT2D eigenvalue weighted by atomic mass is 10.2. The Morgan fingerprint density at radius 2 is 1.59 bits per heavy atom. The van der Waals surface area contributed by atoms with Crippen LogP contribution >= 0.6 is 0 Å². The van der Waals surface area contributed by atoms with E-state index in [1.165, 1.54) is 24.3 Å². The molecule has 0 spiro atoms. The van der Waals surface area contributed by atoms with Gasteiger partial charge in [-0.3, -0.25) is 4.57 Å². The second-order valence-corrected chi connectivity index (χ2v) is 7.73. The number of halogens is 5. The Labute approximate surface area is 150 Å². The average Bonchev–Trinajstić information content (AvgIpc) is 3.02. The first-order valence-corrected chi connectivity index (χ1v) is 9.28. The summed E-state index contributed by atoms with van der Waals surface area (Å²) in [6.07, 6.45) is -3.06. The van der Waals surface area contributed by atoms with E-state index in [4.69, 9.17) is 0 Å². The maximum Gasteiger partial charge on any atom is 0.434 e. The summed E-state index contributed by atoms with van der Waals surface area (Å²) >= 11 is 0. The first-order chi connectivity index (χ1) is 12.5. The zero-order valence-electron chi connectivity index (χ0n) is 13.6. The first-order valence-electron chi connectivity index (χ1n) is 7.39. The molecule has 0 radical (unpaired) electrons. The van der Waals surface area contributed by atoms with Crippen LogP contribution in [-0.4, -0.2) is 24.2 Å². The van der Waals surface area contributed by atoms with Crippen molar-refractivity contribution in [3.63, 3.8) is 0 Å². The molecule has 0 aliphatic heterocycles. The van der Waals surface area contributed by atoms with E-state index in [1.807, 2.05) is 0 Å². The van der Waals surface area contributed by atoms with Gasteiger partial charge in [0.05, 0.1) is 4.90 Å². The molecule has 1 aromatic heterocycles. The van der Waals surface area contributed by atoms with Crippen molar-refractivity contribution >= 4 is 9.84 Å². The fraction of sp³-hybridized carbons (Fsp3) is 0.118. The summed E-state index contributed by atoms with van der Waals surface area (Å²) < 4.78 is 90.0. The normalized spacial score (nSPS) is 12.4. The predicted octanol–water partition coefficient (Wildman–Crippen LogP) is 4.24. The molecule has 0 bridgehead atoms. The van der Waals surface area contributed by atoms with E-state index in [-0.39, 0.29) is 22.0 Å². The van der Waals surface area contributed by atoms with Gasteiger partial charge in [0.25, 0.3) is 0 Å². The van der Waals surface area contributed by atoms with Crippen molar-refractivity contribution in [3.8, 4) is 17.1 Å². The summed E-state index contributed by atoms with van der Waals surface area (Å²) in [6.45, 7) is 0. The van der Waals surface area contributed by atoms with Crippen molar-refractivity contribution in [2.75, 3.05) is 6.26 Å². The smallest absolute Gasteiger partial charge is 0.299 e. The van der Waals surface area contributed by atoms with Crippen molar-refractivity contribution in [1.82, 2.24) is 9.55 Å². The van der Waals surface area contributed by atoms with Crippen LogP contribution in [0.25, 0.3) is 17.1 Å². The molecule has 0 aliphatic rings. The molecule has 0 unspecified atom stereocenters. The Morgan fingerprint density at radius 1 is 0.963 bits per heavy atom. The number of rotatable bonds is 3. The molecule has 4 nitrogen and oxygen atoms in total. The van der Waals surface area contributed by atoms with Crippen LogP contribution in [0.5, 0.6) is 0 Å². The summed E-state index contributed by atoms with van der Waals surface area (Å²) in [4.78, 5) is 3.48. The molecule has 0 aliphatic carbocycles. The molecule has 27 heavy (non-hydrogen) atoms. The molecule has 0 atom stereocenters. The molecule has 1 heterocycles. The molecule has 0 saturated carbocycles. The number of aromatic nitrogens is 2. The van der Waals surface area contributed by atoms with Crippen LogP contribution < -0.4 is 0 Å². The lowest BCUT2D eigenvalue weighted by Crippen LogP contribution is -2.05. The number of nitrogens with zero attached hydrogens (tertiary/aromatic N) is 2. The zero-order valence-corrected chi connectivity index (χ0v) is 14.4. The number of hydrogen-bond donors (Lipinski definition) is 0. The molecule has 3 rings (SSSR count). The van der Waals surface area contributed by atoms with Crippen LogP contribution in [0.15, 0.2) is 53.6 Å². The van der Waals surface area contributed by atoms with Crippen molar-refractivity contribution in [1.29, 1.82) is 0 Å². The lowest BCUT2D eigenvalue weighted by molar-refractivity contribution is -0.140. The number of hydrogen-bond acceptors (Lipinski definition) is 3. The van der Waals surface area contributed by atoms with Gasteiger partial charge in [-0.2, -0.15) is 13.2 Å². The second kappa shape index (κ2) is 6.45. The lowest BCUT2D eigenvalue weighted by Gasteiger charge is -2.09. The highest BCUT2D eigenvalue weighted by atomic mass is 32.2. The van der Waals surface area contributed by atoms with Crippen LogP contribution in [0.1, 0.15) is 5.69 Å². The highest BCUT2D eigenvalue weighted by Gasteiger charge is 2.35. The van der Waals surface area contributed by atoms with Gasteiger partial charge in [0.2, 0.25) is 0 Å². The van der Waals surface area contributed by atoms with Crippen molar-refractivity contribution in [2.24, 2.45) is 0 Å². The van der Waals surface area contributed by atoms with Gasteiger partial charge in [0.15, 0.2) is 27.2 Å². The SMILES string of the molecule is CS(=O)(=O)c1ccc(-n2cc(C(F)(F)F)nc2-c2ccc(F)c(F)c2)cc1. The third-order valence-corrected chi connectivity index (χ3v) is 4.85. The standard InChI is InChI=1S/C17H11F5N2O2S/c1-27(25,26)12-5-3-11(4-6-12)24-9-15(17(20,21)22)23-16(24)10-2-7-13(18)14(19)8-10/h2-9H,1H3. The molecule has 10 heteroatoms. The van der Waals surface area contributed by atoms with Gasteiger partial charge in [-0.15, -0.1) is 0 Å². The summed E-state index contributed by atoms with van der Waals surface area (Å²) in [6, 6.07) is 7.66. The van der Waals surface area contributed by atoms with Crippen LogP contribution in [-0.2, 0) is 16.0 Å². The van der Waals surface area contributed by atoms with Gasteiger partial charge in [0.1, 0.15) is 5.82 Å². The number of benzene rings is 2. The highest BCUT2D eigenvalue weighted by molar-refractivity contribution is 7.90. The molecule has 0 N–H and O–H groups in total. The second-order valence-electron chi connectivity index (χ2n) is 5.71. The number of sulfone groups is 1. The van der Waals surface area contributed by atoms with Gasteiger partial charge in [-0.05, 0) is 42.5 Å². The number of imidazole rings is 1. The monoisotopic (exact) mass is 402 g/mol. The van der Waals surface area contributed by atoms with E-state index >= 15 is 0 Å². The molecule has 0 fully saturated rings. The molecular weight excluding hydrogens is 391 g/mol. The first kappa shape index (κ1) is 19.0. The van der Waals surface area contributed by atoms with Gasteiger partial charge in [0, 0.05) is 23.7 Å². The molecule has 142 valence electrons. The zero-order chi connectivity index (χ0) is 20.0. The van der Waals surface area contributed by atoms with E-state index in [9.17, 15) is 30.4 Å². The fourth-order valence-corrected chi connectivity index (χ4v) is 3.04. The summed E-state index contributed by atoms with van der Waals surface area (Å²) in [5.74, 6) is -2.65. The van der Waals surface area contributed by atoms with Crippen LogP contribution in [0, 0.1) is 11.6 Å². The molecule has 0 saturated heterocycles. The van der Waals surface area contributed by atoms with E-state index in [2.05, 4.69) is 4.98 Å². The fourth-order valence-electron chi connectivity index (χ4n) is 2.41. The number of alkyl halides is 3. The summed E-state index contributed by atoms with van der Waals surface area (Å²) in [5.41, 5.74) is -1.13. The third kappa shape index (κ3) is 3.85. The predicted molar refractivity (Wildman–Crippen MR) is 87.0 cm³/mol. The molecular formula is C17H11F5N2O2S. The molecule has 2 aromatic carbocycles. The topological polar surface area (TPSA) is 52.0 Å². The quantitative estimate of drug-likeness (QED) is 0.616. The van der Waals surface area contributed by atoms with Crippen molar-refractivity contribution in [3.05, 3.63) is 66.0 Å². The van der Waals surface area contributed by atoms with Crippen molar-refractivity contribution in [2.45, 2.75) is 11.1 Å². The average molecular weight is 402 g/mol. The highest BCUT2D eigenvalue weighted by Crippen LogP contribution is 2.33. The van der Waals surface area contributed by atoms with E-state index in [0.717, 1.165) is 29.0 Å². The van der Waals surface area contributed by atoms with Crippen molar-refractivity contribution < 1.29 is 30.4 Å². The minimum Gasteiger partial charge on any atom is -0.299 e. The largest absolute Gasteiger partial charge is 0.434 e. The van der Waals surface area contributed by atoms with E-state index in [0.29, 0.717) is 6.20 Å². The van der Waals surface area contributed by atoms with Gasteiger partial charge in [-0.1, -0.05) is 0 Å². The maximum atomic E-state index is 13.5. The minimum atomic E-state index is -4.76. The van der Waals surface area contributed by atoms with Crippen LogP contribution in [0.3, 0.4) is 0 Å². The minimum absolute atomic E-state index is 0.0169. The Bertz CT molecular complexity index is 1100. The van der Waals surface area contributed by atoms with Gasteiger partial charge < -0.3 is 0 Å². The summed E-state index contributed by atoms with van der Waals surface area (Å²) in [5, 5.41) is 0. The Morgan fingerprint density at radius 3 is 2.11 bits per heavy atom. The van der Waals surface area contributed by atoms with Gasteiger partial charge in [-0.25, -0.2) is 22.2 Å². The Balaban J connectivity index is 2.19. The third-order valence-electron chi connectivity index (χ3n) is 3.72. The van der Waals surface area contributed by atoms with Gasteiger partial charge >= 0.3 is 6.18 Å². The Hall–Kier alpha value is -2.75. The van der Waals surface area contributed by atoms with E-state index < -0.39 is 33.3 Å². The molecule has 3 aromatic rings. The van der Waals surface area contributed by atoms with Crippen LogP contribution in [0.4, 0.5) is 22.0 Å². The Kier molecular flexibility index (Phi) is 4.54. The molecule has 0 amide bonds. The summed E-state index contributed by atoms with van der Waals surface area (Å²) in [7, 11) is -3.49. The maximum absolute atomic E-state index is 13.5.